The predicted octanol–water partition coefficient (Wildman–Crippen LogP) is 3.34. The summed E-state index contributed by atoms with van der Waals surface area (Å²) in [6, 6.07) is 6.88. The van der Waals surface area contributed by atoms with Crippen LogP contribution in [0.1, 0.15) is 22.8 Å². The zero-order valence-corrected chi connectivity index (χ0v) is 15.3. The summed E-state index contributed by atoms with van der Waals surface area (Å²) >= 11 is 0. The van der Waals surface area contributed by atoms with Gasteiger partial charge in [0.25, 0.3) is 0 Å². The van der Waals surface area contributed by atoms with E-state index in [0.29, 0.717) is 26.2 Å². The lowest BCUT2D eigenvalue weighted by atomic mass is 10.1. The summed E-state index contributed by atoms with van der Waals surface area (Å²) in [5.74, 6) is -3.26. The fourth-order valence-electron chi connectivity index (χ4n) is 3.05. The van der Waals surface area contributed by atoms with E-state index in [9.17, 15) is 22.8 Å². The fraction of sp³-hybridized carbons (Fsp3) is 0.300. The number of urea groups is 1. The quantitative estimate of drug-likeness (QED) is 0.814. The van der Waals surface area contributed by atoms with E-state index in [1.807, 2.05) is 0 Å². The van der Waals surface area contributed by atoms with Gasteiger partial charge in [-0.15, -0.1) is 0 Å². The Bertz CT molecular complexity index is 898. The lowest BCUT2D eigenvalue weighted by Crippen LogP contribution is -2.51. The molecule has 28 heavy (non-hydrogen) atoms. The van der Waals surface area contributed by atoms with E-state index in [2.05, 4.69) is 5.32 Å². The third kappa shape index (κ3) is 4.17. The molecule has 0 spiro atoms. The van der Waals surface area contributed by atoms with Gasteiger partial charge in [0, 0.05) is 37.3 Å². The minimum Gasteiger partial charge on any atom is -0.322 e. The second kappa shape index (κ2) is 8.43. The molecule has 5 nitrogen and oxygen atoms in total. The highest BCUT2D eigenvalue weighted by Crippen LogP contribution is 2.26. The minimum absolute atomic E-state index is 0.0946. The summed E-state index contributed by atoms with van der Waals surface area (Å²) in [7, 11) is 0. The maximum absolute atomic E-state index is 14.5. The van der Waals surface area contributed by atoms with Gasteiger partial charge in [-0.3, -0.25) is 9.69 Å². The Hall–Kier alpha value is -2.87. The van der Waals surface area contributed by atoms with Crippen molar-refractivity contribution in [1.82, 2.24) is 10.2 Å². The molecule has 1 fully saturated rings. The predicted molar refractivity (Wildman–Crippen MR) is 98.8 cm³/mol. The second-order valence-corrected chi connectivity index (χ2v) is 6.54. The molecule has 0 aromatic heterocycles. The monoisotopic (exact) mass is 391 g/mol. The van der Waals surface area contributed by atoms with Crippen LogP contribution in [-0.2, 0) is 6.54 Å². The average molecular weight is 391 g/mol. The van der Waals surface area contributed by atoms with Crippen LogP contribution in [0.2, 0.25) is 0 Å². The molecule has 1 heterocycles. The molecule has 2 amide bonds. The maximum Gasteiger partial charge on any atom is 0.324 e. The maximum atomic E-state index is 14.5. The van der Waals surface area contributed by atoms with Crippen molar-refractivity contribution in [2.45, 2.75) is 13.5 Å². The van der Waals surface area contributed by atoms with Gasteiger partial charge in [-0.2, -0.15) is 0 Å². The van der Waals surface area contributed by atoms with Gasteiger partial charge in [-0.05, 0) is 25.1 Å². The van der Waals surface area contributed by atoms with Crippen LogP contribution in [0.3, 0.4) is 0 Å². The molecule has 148 valence electrons. The largest absolute Gasteiger partial charge is 0.324 e. The van der Waals surface area contributed by atoms with Crippen molar-refractivity contribution < 1.29 is 22.8 Å². The molecule has 8 heteroatoms. The first-order valence-electron chi connectivity index (χ1n) is 8.89. The molecule has 3 rings (SSSR count). The number of rotatable bonds is 4. The Kier molecular flexibility index (Phi) is 5.99. The molecule has 0 atom stereocenters. The number of ketones is 1. The van der Waals surface area contributed by atoms with Gasteiger partial charge in [-0.1, -0.05) is 18.2 Å². The smallest absolute Gasteiger partial charge is 0.322 e. The van der Waals surface area contributed by atoms with Crippen molar-refractivity contribution in [3.05, 3.63) is 65.0 Å². The van der Waals surface area contributed by atoms with Crippen molar-refractivity contribution in [1.29, 1.82) is 0 Å². The number of benzene rings is 2. The van der Waals surface area contributed by atoms with Crippen LogP contribution in [0, 0.1) is 17.5 Å². The van der Waals surface area contributed by atoms with Crippen LogP contribution in [-0.4, -0.2) is 42.9 Å². The van der Waals surface area contributed by atoms with Crippen LogP contribution in [0.25, 0.3) is 0 Å². The molecule has 0 unspecified atom stereocenters. The van der Waals surface area contributed by atoms with Crippen LogP contribution in [0.5, 0.6) is 0 Å². The van der Waals surface area contributed by atoms with E-state index in [1.165, 1.54) is 36.1 Å². The highest BCUT2D eigenvalue weighted by Gasteiger charge is 2.27. The molecule has 1 aliphatic heterocycles. The first kappa shape index (κ1) is 19.9. The number of Topliss-reactive ketones (excluding diaryl/α,β-unsaturated/α-hetero) is 1. The Labute approximate surface area is 160 Å². The minimum atomic E-state index is -1.17. The van der Waals surface area contributed by atoms with Gasteiger partial charge in [0.2, 0.25) is 0 Å². The summed E-state index contributed by atoms with van der Waals surface area (Å²) in [6.07, 6.45) is 0. The summed E-state index contributed by atoms with van der Waals surface area (Å²) in [6.45, 7) is 2.97. The number of nitrogens with zero attached hydrogens (tertiary/aromatic N) is 2. The number of halogens is 3. The van der Waals surface area contributed by atoms with E-state index >= 15 is 0 Å². The lowest BCUT2D eigenvalue weighted by molar-refractivity contribution is 0.101. The zero-order valence-electron chi connectivity index (χ0n) is 15.3. The Morgan fingerprint density at radius 3 is 2.43 bits per heavy atom. The average Bonchev–Trinajstić information content (AvgIpc) is 2.69. The molecule has 1 saturated heterocycles. The Morgan fingerprint density at radius 1 is 1.07 bits per heavy atom. The highest BCUT2D eigenvalue weighted by molar-refractivity contribution is 5.94. The first-order valence-corrected chi connectivity index (χ1v) is 8.89. The van der Waals surface area contributed by atoms with Crippen molar-refractivity contribution >= 4 is 17.5 Å². The number of nitrogens with one attached hydrogen (secondary N) is 1. The third-order valence-corrected chi connectivity index (χ3v) is 4.63. The molecular weight excluding hydrogens is 371 g/mol. The molecule has 0 aliphatic carbocycles. The van der Waals surface area contributed by atoms with E-state index in [4.69, 9.17) is 0 Å². The van der Waals surface area contributed by atoms with E-state index in [-0.39, 0.29) is 29.1 Å². The molecule has 2 aromatic rings. The number of hydrogen-bond acceptors (Lipinski definition) is 3. The SMILES string of the molecule is CC(=O)c1ccc(CN(C(=O)N2CCNCC2)c2cccc(F)c2F)c(F)c1. The molecule has 1 aliphatic rings. The number of carbonyl (C=O) groups is 2. The van der Waals surface area contributed by atoms with E-state index in [0.717, 1.165) is 17.0 Å². The molecule has 2 aromatic carbocycles. The van der Waals surface area contributed by atoms with Gasteiger partial charge in [0.05, 0.1) is 12.2 Å². The van der Waals surface area contributed by atoms with Crippen molar-refractivity contribution in [2.24, 2.45) is 0 Å². The number of piperazine rings is 1. The van der Waals surface area contributed by atoms with E-state index < -0.39 is 23.5 Å². The van der Waals surface area contributed by atoms with Gasteiger partial charge in [0.1, 0.15) is 5.82 Å². The third-order valence-electron chi connectivity index (χ3n) is 4.63. The molecule has 0 saturated carbocycles. The first-order chi connectivity index (χ1) is 13.4. The summed E-state index contributed by atoms with van der Waals surface area (Å²) in [5.41, 5.74) is 0.0221. The standard InChI is InChI=1S/C20H20F3N3O2/c1-13(27)14-5-6-15(17(22)11-14)12-26(18-4-2-3-16(21)19(18)23)20(28)25-9-7-24-8-10-25/h2-6,11,24H,7-10,12H2,1H3. The fourth-order valence-corrected chi connectivity index (χ4v) is 3.05. The summed E-state index contributed by atoms with van der Waals surface area (Å²) in [5, 5.41) is 3.11. The van der Waals surface area contributed by atoms with Crippen molar-refractivity contribution in [3.8, 4) is 0 Å². The number of carbonyl (C=O) groups excluding carboxylic acids is 2. The molecular formula is C20H20F3N3O2. The molecule has 1 N–H and O–H groups in total. The van der Waals surface area contributed by atoms with Crippen LogP contribution in [0.4, 0.5) is 23.7 Å². The summed E-state index contributed by atoms with van der Waals surface area (Å²) < 4.78 is 42.7. The topological polar surface area (TPSA) is 52.7 Å². The lowest BCUT2D eigenvalue weighted by Gasteiger charge is -2.33. The highest BCUT2D eigenvalue weighted by atomic mass is 19.2. The number of amides is 2. The van der Waals surface area contributed by atoms with Crippen LogP contribution >= 0.6 is 0 Å². The number of anilines is 1. The Morgan fingerprint density at radius 2 is 1.79 bits per heavy atom. The molecule has 0 bridgehead atoms. The molecule has 0 radical (unpaired) electrons. The number of hydrogen-bond donors (Lipinski definition) is 1. The van der Waals surface area contributed by atoms with Gasteiger partial charge in [0.15, 0.2) is 17.4 Å². The van der Waals surface area contributed by atoms with Gasteiger partial charge in [-0.25, -0.2) is 18.0 Å². The Balaban J connectivity index is 1.97. The van der Waals surface area contributed by atoms with Crippen LogP contribution in [0.15, 0.2) is 36.4 Å². The zero-order chi connectivity index (χ0) is 20.3. The van der Waals surface area contributed by atoms with Gasteiger partial charge >= 0.3 is 6.03 Å². The van der Waals surface area contributed by atoms with E-state index in [1.54, 1.807) is 0 Å². The normalized spacial score (nSPS) is 14.1. The second-order valence-electron chi connectivity index (χ2n) is 6.54. The van der Waals surface area contributed by atoms with Crippen molar-refractivity contribution in [3.63, 3.8) is 0 Å². The van der Waals surface area contributed by atoms with Crippen molar-refractivity contribution in [2.75, 3.05) is 31.1 Å². The summed E-state index contributed by atoms with van der Waals surface area (Å²) in [4.78, 5) is 27.0. The van der Waals surface area contributed by atoms with Crippen LogP contribution < -0.4 is 10.2 Å². The van der Waals surface area contributed by atoms with Gasteiger partial charge < -0.3 is 10.2 Å².